The van der Waals surface area contributed by atoms with Gasteiger partial charge >= 0.3 is 5.91 Å². The van der Waals surface area contributed by atoms with Crippen molar-refractivity contribution < 1.29 is 35.5 Å². The van der Waals surface area contributed by atoms with Crippen LogP contribution < -0.4 is 5.01 Å². The number of hydrogen-bond acceptors (Lipinski definition) is 7. The van der Waals surface area contributed by atoms with E-state index in [2.05, 4.69) is 5.10 Å². The van der Waals surface area contributed by atoms with Gasteiger partial charge in [-0.2, -0.15) is 26.9 Å². The van der Waals surface area contributed by atoms with Gasteiger partial charge in [0, 0.05) is 0 Å². The summed E-state index contributed by atoms with van der Waals surface area (Å²) in [6.45, 7) is 1.22. The summed E-state index contributed by atoms with van der Waals surface area (Å²) >= 11 is 0. The van der Waals surface area contributed by atoms with Crippen molar-refractivity contribution in [1.29, 1.82) is 0 Å². The molecule has 2 N–H and O–H groups in total. The summed E-state index contributed by atoms with van der Waals surface area (Å²) in [5.41, 5.74) is -0.727. The maximum atomic E-state index is 11.7. The first-order valence-electron chi connectivity index (χ1n) is 5.46. The summed E-state index contributed by atoms with van der Waals surface area (Å²) in [7, 11) is -9.70. The van der Waals surface area contributed by atoms with E-state index in [-0.39, 0.29) is 5.71 Å². The summed E-state index contributed by atoms with van der Waals surface area (Å²) in [6, 6.07) is 2.06. The summed E-state index contributed by atoms with van der Waals surface area (Å²) in [4.78, 5) is 21.3. The minimum absolute atomic E-state index is 0.204. The van der Waals surface area contributed by atoms with Crippen LogP contribution in [0.15, 0.2) is 33.1 Å². The molecule has 1 aromatic rings. The van der Waals surface area contributed by atoms with E-state index >= 15 is 0 Å². The molecule has 0 fully saturated rings. The van der Waals surface area contributed by atoms with Gasteiger partial charge in [0.05, 0.1) is 10.6 Å². The lowest BCUT2D eigenvalue weighted by Crippen LogP contribution is -2.28. The molecule has 118 valence electrons. The number of Topliss-reactive ketones (excluding diaryl/α,β-unsaturated/α-hetero) is 1. The van der Waals surface area contributed by atoms with Gasteiger partial charge in [0.25, 0.3) is 26.0 Å². The van der Waals surface area contributed by atoms with E-state index in [4.69, 9.17) is 9.11 Å². The number of carbonyl (C=O) groups excluding carboxylic acids is 2. The minimum Gasteiger partial charge on any atom is -0.282 e. The lowest BCUT2D eigenvalue weighted by atomic mass is 10.2. The summed E-state index contributed by atoms with van der Waals surface area (Å²) in [6.07, 6.45) is 0. The van der Waals surface area contributed by atoms with E-state index in [0.717, 1.165) is 12.1 Å². The molecule has 10 nitrogen and oxygen atoms in total. The van der Waals surface area contributed by atoms with Crippen molar-refractivity contribution in [3.8, 4) is 0 Å². The van der Waals surface area contributed by atoms with Crippen molar-refractivity contribution in [3.05, 3.63) is 18.2 Å². The van der Waals surface area contributed by atoms with Crippen molar-refractivity contribution in [2.45, 2.75) is 16.7 Å². The molecular formula is C10H8N2O8S2. The highest BCUT2D eigenvalue weighted by Crippen LogP contribution is 2.30. The van der Waals surface area contributed by atoms with E-state index in [0.29, 0.717) is 11.1 Å². The third kappa shape index (κ3) is 2.76. The van der Waals surface area contributed by atoms with Gasteiger partial charge in [0.15, 0.2) is 0 Å². The van der Waals surface area contributed by atoms with Crippen LogP contribution in [0.25, 0.3) is 0 Å². The van der Waals surface area contributed by atoms with E-state index in [9.17, 15) is 26.4 Å². The molecule has 1 aromatic carbocycles. The molecule has 0 saturated heterocycles. The largest absolute Gasteiger partial charge is 0.321 e. The molecule has 0 aromatic heterocycles. The van der Waals surface area contributed by atoms with Gasteiger partial charge in [0.2, 0.25) is 0 Å². The molecule has 0 bridgehead atoms. The number of carbonyl (C=O) groups is 2. The fraction of sp³-hybridized carbons (Fsp3) is 0.100. The number of rotatable bonds is 3. The van der Waals surface area contributed by atoms with Gasteiger partial charge in [-0.25, -0.2) is 0 Å². The summed E-state index contributed by atoms with van der Waals surface area (Å²) in [5.74, 6) is -2.14. The van der Waals surface area contributed by atoms with Crippen LogP contribution in [0.4, 0.5) is 5.69 Å². The Kier molecular flexibility index (Phi) is 3.65. The smallest absolute Gasteiger partial charge is 0.282 e. The Morgan fingerprint density at radius 2 is 1.64 bits per heavy atom. The molecule has 0 saturated carbocycles. The van der Waals surface area contributed by atoms with Crippen LogP contribution in [0.5, 0.6) is 0 Å². The van der Waals surface area contributed by atoms with Gasteiger partial charge in [0.1, 0.15) is 10.6 Å². The van der Waals surface area contributed by atoms with Crippen LogP contribution in [0.2, 0.25) is 0 Å². The molecule has 0 spiro atoms. The maximum Gasteiger partial charge on any atom is 0.321 e. The zero-order valence-corrected chi connectivity index (χ0v) is 12.4. The van der Waals surface area contributed by atoms with Crippen LogP contribution in [-0.2, 0) is 29.8 Å². The average molecular weight is 348 g/mol. The highest BCUT2D eigenvalue weighted by Gasteiger charge is 2.35. The maximum absolute atomic E-state index is 11.7. The molecule has 1 heterocycles. The highest BCUT2D eigenvalue weighted by molar-refractivity contribution is 7.86. The Labute approximate surface area is 124 Å². The molecule has 0 aliphatic carbocycles. The molecular weight excluding hydrogens is 340 g/mol. The number of hydrogen-bond donors (Lipinski definition) is 2. The third-order valence-electron chi connectivity index (χ3n) is 2.70. The first-order chi connectivity index (χ1) is 9.93. The predicted octanol–water partition coefficient (Wildman–Crippen LogP) is -0.528. The normalized spacial score (nSPS) is 16.1. The van der Waals surface area contributed by atoms with E-state index in [1.807, 2.05) is 0 Å². The zero-order valence-electron chi connectivity index (χ0n) is 10.8. The van der Waals surface area contributed by atoms with Gasteiger partial charge in [-0.1, -0.05) is 0 Å². The Morgan fingerprint density at radius 3 is 2.05 bits per heavy atom. The SMILES string of the molecule is CC1=NN(c2ccc(S(=O)(=O)O)cc2S(=O)(=O)O)C(=O)C1=O. The Morgan fingerprint density at radius 1 is 1.05 bits per heavy atom. The topological polar surface area (TPSA) is 158 Å². The zero-order chi connectivity index (χ0) is 16.9. The summed E-state index contributed by atoms with van der Waals surface area (Å²) < 4.78 is 62.9. The van der Waals surface area contributed by atoms with Crippen LogP contribution in [0.1, 0.15) is 6.92 Å². The molecule has 1 aliphatic rings. The van der Waals surface area contributed by atoms with E-state index in [1.165, 1.54) is 6.92 Å². The van der Waals surface area contributed by atoms with E-state index in [1.54, 1.807) is 0 Å². The Hall–Kier alpha value is -2.15. The molecule has 1 amide bonds. The molecule has 2 rings (SSSR count). The highest BCUT2D eigenvalue weighted by atomic mass is 32.2. The average Bonchev–Trinajstić information content (AvgIpc) is 2.64. The van der Waals surface area contributed by atoms with Gasteiger partial charge in [-0.15, -0.1) is 0 Å². The fourth-order valence-electron chi connectivity index (χ4n) is 1.69. The number of benzene rings is 1. The van der Waals surface area contributed by atoms with Crippen LogP contribution in [0, 0.1) is 0 Å². The molecule has 1 aliphatic heterocycles. The second-order valence-electron chi connectivity index (χ2n) is 4.21. The quantitative estimate of drug-likeness (QED) is 0.545. The van der Waals surface area contributed by atoms with Gasteiger partial charge in [-0.05, 0) is 25.1 Å². The monoisotopic (exact) mass is 348 g/mol. The van der Waals surface area contributed by atoms with Crippen LogP contribution >= 0.6 is 0 Å². The number of ketones is 1. The first kappa shape index (κ1) is 16.2. The molecule has 22 heavy (non-hydrogen) atoms. The van der Waals surface area contributed by atoms with Crippen molar-refractivity contribution >= 4 is 43.3 Å². The molecule has 0 radical (unpaired) electrons. The van der Waals surface area contributed by atoms with E-state index < -0.39 is 47.4 Å². The Balaban J connectivity index is 2.74. The molecule has 0 unspecified atom stereocenters. The minimum atomic E-state index is -4.96. The number of anilines is 1. The lowest BCUT2D eigenvalue weighted by Gasteiger charge is -2.14. The second-order valence-corrected chi connectivity index (χ2v) is 7.02. The fourth-order valence-corrected chi connectivity index (χ4v) is 2.97. The van der Waals surface area contributed by atoms with Crippen molar-refractivity contribution in [3.63, 3.8) is 0 Å². The number of nitrogens with zero attached hydrogens (tertiary/aromatic N) is 2. The lowest BCUT2D eigenvalue weighted by molar-refractivity contribution is -0.131. The van der Waals surface area contributed by atoms with Gasteiger partial charge < -0.3 is 0 Å². The van der Waals surface area contributed by atoms with Crippen LogP contribution in [-0.4, -0.2) is 43.3 Å². The van der Waals surface area contributed by atoms with Crippen molar-refractivity contribution in [2.24, 2.45) is 5.10 Å². The van der Waals surface area contributed by atoms with Gasteiger partial charge in [-0.3, -0.25) is 18.7 Å². The van der Waals surface area contributed by atoms with Crippen molar-refractivity contribution in [1.82, 2.24) is 0 Å². The predicted molar refractivity (Wildman–Crippen MR) is 71.7 cm³/mol. The molecule has 0 atom stereocenters. The Bertz CT molecular complexity index is 930. The summed E-state index contributed by atoms with van der Waals surface area (Å²) in [5, 5.41) is 3.98. The first-order valence-corrected chi connectivity index (χ1v) is 8.34. The standard InChI is InChI=1S/C10H8N2O8S2/c1-5-9(13)10(14)12(11-5)7-3-2-6(21(15,16)17)4-8(7)22(18,19)20/h2-4H,1H3,(H,15,16,17)(H,18,19,20). The second kappa shape index (κ2) is 4.95. The van der Waals surface area contributed by atoms with Crippen LogP contribution in [0.3, 0.4) is 0 Å². The third-order valence-corrected chi connectivity index (χ3v) is 4.43. The number of amides is 1. The van der Waals surface area contributed by atoms with Crippen molar-refractivity contribution in [2.75, 3.05) is 5.01 Å². The molecule has 12 heteroatoms. The number of hydrazone groups is 1.